The molecular formula is C20H25N3O4. The molecule has 1 saturated heterocycles. The van der Waals surface area contributed by atoms with Crippen LogP contribution in [0.5, 0.6) is 0 Å². The van der Waals surface area contributed by atoms with E-state index in [1.807, 2.05) is 0 Å². The minimum absolute atomic E-state index is 0.558. The fraction of sp³-hybridized carbons (Fsp3) is 0.450. The molecule has 2 aromatic rings. The summed E-state index contributed by atoms with van der Waals surface area (Å²) < 4.78 is 2.52. The zero-order chi connectivity index (χ0) is 19.4. The number of aryl methyl sites for hydroxylation is 2. The van der Waals surface area contributed by atoms with Crippen molar-refractivity contribution in [1.29, 1.82) is 0 Å². The third-order valence-electron chi connectivity index (χ3n) is 5.16. The summed E-state index contributed by atoms with van der Waals surface area (Å²) in [6.45, 7) is 3.58. The zero-order valence-corrected chi connectivity index (χ0v) is 15.5. The van der Waals surface area contributed by atoms with Crippen LogP contribution in [-0.4, -0.2) is 56.7 Å². The van der Waals surface area contributed by atoms with Crippen molar-refractivity contribution in [2.45, 2.75) is 38.1 Å². The molecule has 27 heavy (non-hydrogen) atoms. The maximum atomic E-state index is 9.55. The van der Waals surface area contributed by atoms with E-state index in [2.05, 4.69) is 34.7 Å². The van der Waals surface area contributed by atoms with E-state index in [0.717, 1.165) is 6.54 Å². The molecule has 0 bridgehead atoms. The Bertz CT molecular complexity index is 847. The first-order valence-corrected chi connectivity index (χ1v) is 9.26. The summed E-state index contributed by atoms with van der Waals surface area (Å²) in [6.07, 6.45) is 6.12. The van der Waals surface area contributed by atoms with Crippen molar-refractivity contribution in [1.82, 2.24) is 14.5 Å². The number of aromatic nitrogens is 2. The van der Waals surface area contributed by atoms with E-state index in [0.29, 0.717) is 18.1 Å². The average molecular weight is 371 g/mol. The molecule has 3 heterocycles. The average Bonchev–Trinajstić information content (AvgIpc) is 3.02. The minimum atomic E-state index is -1.26. The summed E-state index contributed by atoms with van der Waals surface area (Å²) in [6, 6.07) is 6.62. The Kier molecular flexibility index (Phi) is 5.91. The summed E-state index contributed by atoms with van der Waals surface area (Å²) in [5.41, 5.74) is 4.13. The molecule has 1 fully saturated rings. The molecule has 1 aromatic carbocycles. The minimum Gasteiger partial charge on any atom is -0.478 e. The number of carboxylic acids is 2. The van der Waals surface area contributed by atoms with E-state index in [1.54, 1.807) is 0 Å². The molecule has 0 amide bonds. The number of hydrogen-bond acceptors (Lipinski definition) is 4. The highest BCUT2D eigenvalue weighted by Crippen LogP contribution is 2.33. The number of hydrogen-bond donors (Lipinski definition) is 2. The summed E-state index contributed by atoms with van der Waals surface area (Å²) in [5, 5.41) is 15.6. The van der Waals surface area contributed by atoms with Crippen molar-refractivity contribution in [3.8, 4) is 0 Å². The van der Waals surface area contributed by atoms with Gasteiger partial charge in [-0.2, -0.15) is 0 Å². The lowest BCUT2D eigenvalue weighted by Gasteiger charge is -2.29. The van der Waals surface area contributed by atoms with Gasteiger partial charge in [0.1, 0.15) is 5.82 Å². The van der Waals surface area contributed by atoms with Crippen LogP contribution in [0.1, 0.15) is 36.6 Å². The van der Waals surface area contributed by atoms with E-state index in [4.69, 9.17) is 15.2 Å². The molecule has 2 N–H and O–H groups in total. The van der Waals surface area contributed by atoms with Gasteiger partial charge in [0.2, 0.25) is 0 Å². The van der Waals surface area contributed by atoms with Gasteiger partial charge >= 0.3 is 11.9 Å². The topological polar surface area (TPSA) is 95.7 Å². The standard InChI is InChI=1S/C16H21N3.C4H4O4/c1-18-10-7-13(8-11-18)16-17-14-6-2-4-12-5-3-9-19(16)15(12)14;5-3(6)1-2-4(7)8/h2,4,6,13H,3,5,7-11H2,1H3;1-2H,(H,5,6)(H,7,8). The van der Waals surface area contributed by atoms with Crippen LogP contribution in [0, 0.1) is 0 Å². The van der Waals surface area contributed by atoms with Crippen LogP contribution >= 0.6 is 0 Å². The molecule has 7 nitrogen and oxygen atoms in total. The second-order valence-electron chi connectivity index (χ2n) is 7.10. The molecule has 7 heteroatoms. The number of rotatable bonds is 3. The summed E-state index contributed by atoms with van der Waals surface area (Å²) in [5.74, 6) is -0.496. The van der Waals surface area contributed by atoms with Crippen molar-refractivity contribution < 1.29 is 19.8 Å². The first kappa shape index (κ1) is 19.1. The van der Waals surface area contributed by atoms with Gasteiger partial charge in [-0.15, -0.1) is 0 Å². The van der Waals surface area contributed by atoms with Crippen LogP contribution in [0.25, 0.3) is 11.0 Å². The lowest BCUT2D eigenvalue weighted by Crippen LogP contribution is -2.30. The van der Waals surface area contributed by atoms with Gasteiger partial charge < -0.3 is 19.7 Å². The highest BCUT2D eigenvalue weighted by atomic mass is 16.4. The van der Waals surface area contributed by atoms with E-state index in [1.165, 1.54) is 61.2 Å². The van der Waals surface area contributed by atoms with Crippen LogP contribution in [0.2, 0.25) is 0 Å². The van der Waals surface area contributed by atoms with E-state index >= 15 is 0 Å². The van der Waals surface area contributed by atoms with Crippen LogP contribution in [0.15, 0.2) is 30.4 Å². The van der Waals surface area contributed by atoms with Crippen LogP contribution < -0.4 is 0 Å². The summed E-state index contributed by atoms with van der Waals surface area (Å²) in [4.78, 5) is 26.5. The molecule has 0 atom stereocenters. The van der Waals surface area contributed by atoms with Gasteiger partial charge in [0.25, 0.3) is 0 Å². The Balaban J connectivity index is 0.000000226. The molecule has 0 aliphatic carbocycles. The molecule has 2 aliphatic heterocycles. The number of aliphatic carboxylic acids is 2. The highest BCUT2D eigenvalue weighted by Gasteiger charge is 2.26. The smallest absolute Gasteiger partial charge is 0.328 e. The van der Waals surface area contributed by atoms with Crippen LogP contribution in [-0.2, 0) is 22.6 Å². The maximum absolute atomic E-state index is 9.55. The van der Waals surface area contributed by atoms with Crippen molar-refractivity contribution in [2.24, 2.45) is 0 Å². The third-order valence-corrected chi connectivity index (χ3v) is 5.16. The van der Waals surface area contributed by atoms with Gasteiger partial charge in [0.05, 0.1) is 11.0 Å². The SMILES string of the molecule is CN1CCC(c2nc3cccc4c3n2CCC4)CC1.O=C(O)C=CC(=O)O. The van der Waals surface area contributed by atoms with Gasteiger partial charge in [0, 0.05) is 24.6 Å². The molecule has 0 spiro atoms. The van der Waals surface area contributed by atoms with E-state index in [9.17, 15) is 9.59 Å². The Hall–Kier alpha value is -2.67. The summed E-state index contributed by atoms with van der Waals surface area (Å²) in [7, 11) is 2.22. The molecule has 0 unspecified atom stereocenters. The fourth-order valence-electron chi connectivity index (χ4n) is 3.85. The van der Waals surface area contributed by atoms with Gasteiger partial charge in [-0.1, -0.05) is 12.1 Å². The predicted octanol–water partition coefficient (Wildman–Crippen LogP) is 2.50. The number of piperidine rings is 1. The highest BCUT2D eigenvalue weighted by molar-refractivity contribution is 5.89. The molecule has 4 rings (SSSR count). The number of likely N-dealkylation sites (tertiary alicyclic amines) is 1. The van der Waals surface area contributed by atoms with E-state index < -0.39 is 11.9 Å². The number of benzene rings is 1. The second-order valence-corrected chi connectivity index (χ2v) is 7.10. The number of imidazole rings is 1. The van der Waals surface area contributed by atoms with Crippen molar-refractivity contribution in [3.05, 3.63) is 41.7 Å². The molecular weight excluding hydrogens is 346 g/mol. The van der Waals surface area contributed by atoms with Gasteiger partial charge in [-0.05, 0) is 57.5 Å². The lowest BCUT2D eigenvalue weighted by atomic mass is 9.96. The fourth-order valence-corrected chi connectivity index (χ4v) is 3.85. The monoisotopic (exact) mass is 371 g/mol. The van der Waals surface area contributed by atoms with Crippen LogP contribution in [0.3, 0.4) is 0 Å². The van der Waals surface area contributed by atoms with Crippen molar-refractivity contribution in [3.63, 3.8) is 0 Å². The predicted molar refractivity (Wildman–Crippen MR) is 102 cm³/mol. The quantitative estimate of drug-likeness (QED) is 0.805. The zero-order valence-electron chi connectivity index (χ0n) is 15.5. The van der Waals surface area contributed by atoms with Crippen LogP contribution in [0.4, 0.5) is 0 Å². The normalized spacial score (nSPS) is 17.7. The lowest BCUT2D eigenvalue weighted by molar-refractivity contribution is -0.134. The first-order chi connectivity index (χ1) is 13.0. The summed E-state index contributed by atoms with van der Waals surface area (Å²) >= 11 is 0. The number of carbonyl (C=O) groups is 2. The van der Waals surface area contributed by atoms with Gasteiger partial charge in [-0.25, -0.2) is 14.6 Å². The van der Waals surface area contributed by atoms with Crippen molar-refractivity contribution >= 4 is 23.0 Å². The largest absolute Gasteiger partial charge is 0.478 e. The third kappa shape index (κ3) is 4.54. The van der Waals surface area contributed by atoms with E-state index in [-0.39, 0.29) is 0 Å². The van der Waals surface area contributed by atoms with Gasteiger partial charge in [-0.3, -0.25) is 0 Å². The maximum Gasteiger partial charge on any atom is 0.328 e. The molecule has 144 valence electrons. The first-order valence-electron chi connectivity index (χ1n) is 9.26. The molecule has 0 radical (unpaired) electrons. The number of para-hydroxylation sites is 1. The molecule has 2 aliphatic rings. The Labute approximate surface area is 157 Å². The molecule has 1 aromatic heterocycles. The number of carboxylic acid groups (broad SMARTS) is 2. The van der Waals surface area contributed by atoms with Crippen molar-refractivity contribution in [2.75, 3.05) is 20.1 Å². The Morgan fingerprint density at radius 3 is 2.41 bits per heavy atom. The Morgan fingerprint density at radius 2 is 1.78 bits per heavy atom. The molecule has 0 saturated carbocycles. The second kappa shape index (κ2) is 8.35. The van der Waals surface area contributed by atoms with Gasteiger partial charge in [0.15, 0.2) is 0 Å². The number of nitrogens with zero attached hydrogens (tertiary/aromatic N) is 3. The Morgan fingerprint density at radius 1 is 1.11 bits per heavy atom.